The van der Waals surface area contributed by atoms with Crippen LogP contribution in [0.5, 0.6) is 0 Å². The van der Waals surface area contributed by atoms with E-state index in [2.05, 4.69) is 17.7 Å². The van der Waals surface area contributed by atoms with E-state index in [0.29, 0.717) is 0 Å². The van der Waals surface area contributed by atoms with Crippen LogP contribution in [0.4, 0.5) is 0 Å². The van der Waals surface area contributed by atoms with Gasteiger partial charge >= 0.3 is 133 Å². The molecule has 0 radical (unpaired) electrons. The van der Waals surface area contributed by atoms with Crippen LogP contribution in [0, 0.1) is 0 Å². The van der Waals surface area contributed by atoms with Gasteiger partial charge in [0.1, 0.15) is 0 Å². The predicted molar refractivity (Wildman–Crippen MR) is 90.1 cm³/mol. The van der Waals surface area contributed by atoms with E-state index >= 15 is 0 Å². The molecule has 0 fully saturated rings. The molecule has 21 heavy (non-hydrogen) atoms. The summed E-state index contributed by atoms with van der Waals surface area (Å²) in [4.78, 5) is 0. The van der Waals surface area contributed by atoms with Gasteiger partial charge in [-0.25, -0.2) is 0 Å². The maximum atomic E-state index is 13.7. The van der Waals surface area contributed by atoms with Gasteiger partial charge in [-0.3, -0.25) is 0 Å². The zero-order valence-corrected chi connectivity index (χ0v) is 15.8. The van der Waals surface area contributed by atoms with Gasteiger partial charge in [0.25, 0.3) is 0 Å². The van der Waals surface area contributed by atoms with Crippen molar-refractivity contribution < 1.29 is 7.47 Å². The van der Waals surface area contributed by atoms with Gasteiger partial charge in [-0.15, -0.1) is 0 Å². The van der Waals surface area contributed by atoms with Gasteiger partial charge < -0.3 is 0 Å². The standard InChI is InChI=1S/C17H30AsNO2/c1-5-7-14-19(15-8-6-2)18(20,21-16(3)4)17-12-10-9-11-13-17/h9-13,16H,5-8,14-15H2,1-4H3. The van der Waals surface area contributed by atoms with Crippen LogP contribution in [0.25, 0.3) is 0 Å². The van der Waals surface area contributed by atoms with Gasteiger partial charge in [-0.05, 0) is 0 Å². The molecule has 0 spiro atoms. The zero-order valence-electron chi connectivity index (χ0n) is 13.9. The molecular formula is C17H30AsNO2. The van der Waals surface area contributed by atoms with Gasteiger partial charge in [0.05, 0.1) is 0 Å². The molecule has 0 saturated heterocycles. The van der Waals surface area contributed by atoms with E-state index in [0.717, 1.165) is 43.1 Å². The van der Waals surface area contributed by atoms with Crippen LogP contribution in [0.2, 0.25) is 0 Å². The molecule has 1 aromatic rings. The van der Waals surface area contributed by atoms with Gasteiger partial charge in [0, 0.05) is 0 Å². The molecule has 0 aliphatic rings. The Hall–Kier alpha value is -0.502. The van der Waals surface area contributed by atoms with E-state index in [9.17, 15) is 3.74 Å². The molecule has 120 valence electrons. The summed E-state index contributed by atoms with van der Waals surface area (Å²) in [6.45, 7) is 9.98. The Balaban J connectivity index is 3.08. The predicted octanol–water partition coefficient (Wildman–Crippen LogP) is 3.59. The summed E-state index contributed by atoms with van der Waals surface area (Å²) in [6.07, 6.45) is 4.30. The molecule has 1 rings (SSSR count). The summed E-state index contributed by atoms with van der Waals surface area (Å²) in [5.41, 5.74) is 0. The minimum absolute atomic E-state index is 0.0269. The number of unbranched alkanes of at least 4 members (excludes halogenated alkanes) is 2. The van der Waals surface area contributed by atoms with E-state index in [1.54, 1.807) is 0 Å². The number of hydrogen-bond acceptors (Lipinski definition) is 2. The summed E-state index contributed by atoms with van der Waals surface area (Å²) in [6, 6.07) is 9.76. The first-order valence-electron chi connectivity index (χ1n) is 8.14. The normalized spacial score (nSPS) is 14.6. The van der Waals surface area contributed by atoms with E-state index < -0.39 is 14.1 Å². The average molecular weight is 355 g/mol. The quantitative estimate of drug-likeness (QED) is 0.601. The van der Waals surface area contributed by atoms with Crippen molar-refractivity contribution in [1.29, 1.82) is 0 Å². The fraction of sp³-hybridized carbons (Fsp3) is 0.647. The van der Waals surface area contributed by atoms with Crippen molar-refractivity contribution in [2.45, 2.75) is 59.5 Å². The van der Waals surface area contributed by atoms with Crippen LogP contribution in [0.3, 0.4) is 0 Å². The van der Waals surface area contributed by atoms with Crippen LogP contribution in [-0.2, 0) is 7.47 Å². The third-order valence-corrected chi connectivity index (χ3v) is 9.23. The van der Waals surface area contributed by atoms with E-state index in [1.165, 1.54) is 0 Å². The number of hydrogen-bond donors (Lipinski definition) is 0. The molecule has 1 unspecified atom stereocenters. The van der Waals surface area contributed by atoms with Crippen LogP contribution in [0.15, 0.2) is 30.3 Å². The van der Waals surface area contributed by atoms with Crippen LogP contribution in [0.1, 0.15) is 53.4 Å². The summed E-state index contributed by atoms with van der Waals surface area (Å²) in [7, 11) is 0. The number of benzene rings is 1. The van der Waals surface area contributed by atoms with E-state index in [-0.39, 0.29) is 6.10 Å². The Kier molecular flexibility index (Phi) is 8.39. The Bertz CT molecular complexity index is 426. The second kappa shape index (κ2) is 9.50. The van der Waals surface area contributed by atoms with Crippen molar-refractivity contribution in [2.24, 2.45) is 0 Å². The molecule has 0 saturated carbocycles. The SMILES string of the molecule is CCCCN(CCCC)[As](=O)(OC(C)C)c1ccccc1. The Labute approximate surface area is 132 Å². The minimum atomic E-state index is -3.72. The average Bonchev–Trinajstić information content (AvgIpc) is 2.47. The van der Waals surface area contributed by atoms with Gasteiger partial charge in [0.2, 0.25) is 0 Å². The van der Waals surface area contributed by atoms with Crippen molar-refractivity contribution in [1.82, 2.24) is 3.82 Å². The van der Waals surface area contributed by atoms with Crippen LogP contribution in [-0.4, -0.2) is 37.1 Å². The Morgan fingerprint density at radius 3 is 2.00 bits per heavy atom. The molecular weight excluding hydrogens is 325 g/mol. The van der Waals surface area contributed by atoms with E-state index in [1.807, 2.05) is 44.2 Å². The van der Waals surface area contributed by atoms with E-state index in [4.69, 9.17) is 3.73 Å². The van der Waals surface area contributed by atoms with Crippen molar-refractivity contribution in [3.8, 4) is 0 Å². The van der Waals surface area contributed by atoms with Gasteiger partial charge in [0.15, 0.2) is 0 Å². The molecule has 0 amide bonds. The molecule has 0 aliphatic carbocycles. The zero-order chi connectivity index (χ0) is 15.7. The third-order valence-electron chi connectivity index (χ3n) is 3.35. The van der Waals surface area contributed by atoms with Gasteiger partial charge in [-0.1, -0.05) is 0 Å². The summed E-state index contributed by atoms with van der Waals surface area (Å²) < 4.78 is 22.7. The fourth-order valence-electron chi connectivity index (χ4n) is 2.25. The second-order valence-electron chi connectivity index (χ2n) is 5.67. The molecule has 0 heterocycles. The topological polar surface area (TPSA) is 29.5 Å². The molecule has 3 nitrogen and oxygen atoms in total. The number of nitrogens with zero attached hydrogens (tertiary/aromatic N) is 1. The Morgan fingerprint density at radius 2 is 1.57 bits per heavy atom. The monoisotopic (exact) mass is 355 g/mol. The Morgan fingerprint density at radius 1 is 1.05 bits per heavy atom. The van der Waals surface area contributed by atoms with Crippen LogP contribution >= 0.6 is 0 Å². The summed E-state index contributed by atoms with van der Waals surface area (Å²) in [5.74, 6) is 0. The maximum absolute atomic E-state index is 13.7. The fourth-order valence-corrected chi connectivity index (χ4v) is 7.52. The first-order valence-corrected chi connectivity index (χ1v) is 11.4. The number of rotatable bonds is 10. The first kappa shape index (κ1) is 18.5. The summed E-state index contributed by atoms with van der Waals surface area (Å²) >= 11 is -3.72. The van der Waals surface area contributed by atoms with Gasteiger partial charge in [-0.2, -0.15) is 0 Å². The van der Waals surface area contributed by atoms with Crippen LogP contribution < -0.4 is 4.35 Å². The van der Waals surface area contributed by atoms with Crippen molar-refractivity contribution in [3.63, 3.8) is 0 Å². The molecule has 0 bridgehead atoms. The van der Waals surface area contributed by atoms with Crippen molar-refractivity contribution in [3.05, 3.63) is 30.3 Å². The molecule has 0 aliphatic heterocycles. The second-order valence-corrected chi connectivity index (χ2v) is 10.6. The first-order chi connectivity index (χ1) is 10.0. The van der Waals surface area contributed by atoms with Crippen molar-refractivity contribution in [2.75, 3.05) is 13.1 Å². The van der Waals surface area contributed by atoms with Crippen molar-refractivity contribution >= 4 is 18.4 Å². The third kappa shape index (κ3) is 5.65. The molecule has 1 aromatic carbocycles. The molecule has 4 heteroatoms. The molecule has 0 N–H and O–H groups in total. The molecule has 1 atom stereocenters. The summed E-state index contributed by atoms with van der Waals surface area (Å²) in [5, 5.41) is 0. The molecule has 0 aromatic heterocycles.